The van der Waals surface area contributed by atoms with Crippen LogP contribution in [0.3, 0.4) is 0 Å². The normalized spacial score (nSPS) is 19.6. The summed E-state index contributed by atoms with van der Waals surface area (Å²) in [6, 6.07) is 1.58. The summed E-state index contributed by atoms with van der Waals surface area (Å²) in [5.74, 6) is 0.622. The second kappa shape index (κ2) is 10.5. The molecule has 0 fully saturated rings. The summed E-state index contributed by atoms with van der Waals surface area (Å²) in [5.41, 5.74) is 1.86. The van der Waals surface area contributed by atoms with Gasteiger partial charge in [0.05, 0.1) is 26.0 Å². The predicted molar refractivity (Wildman–Crippen MR) is 205 cm³/mol. The molecule has 49 heavy (non-hydrogen) atoms. The highest BCUT2D eigenvalue weighted by molar-refractivity contribution is 6.99. The first-order chi connectivity index (χ1) is 31.9. The number of anilines is 6. The second-order valence-electron chi connectivity index (χ2n) is 12.4. The maximum atomic E-state index is 9.40. The van der Waals surface area contributed by atoms with E-state index in [1.807, 2.05) is 26.0 Å². The highest BCUT2D eigenvalue weighted by Gasteiger charge is 2.44. The average Bonchev–Trinajstić information content (AvgIpc) is 3.54. The quantitative estimate of drug-likeness (QED) is 0.177. The Morgan fingerprint density at radius 3 is 1.98 bits per heavy atom. The molecule has 0 saturated heterocycles. The zero-order chi connectivity index (χ0) is 49.2. The Balaban J connectivity index is 1.21. The van der Waals surface area contributed by atoms with E-state index < -0.39 is 138 Å². The number of rotatable bonds is 4. The van der Waals surface area contributed by atoms with Gasteiger partial charge in [-0.1, -0.05) is 105 Å². The summed E-state index contributed by atoms with van der Waals surface area (Å²) in [5, 5.41) is 0. The van der Waals surface area contributed by atoms with Crippen LogP contribution in [0.4, 0.5) is 34.1 Å². The van der Waals surface area contributed by atoms with Gasteiger partial charge in [-0.2, -0.15) is 0 Å². The molecule has 0 spiro atoms. The first-order valence-electron chi connectivity index (χ1n) is 25.0. The molecular formula is C45H33BN2O. The summed E-state index contributed by atoms with van der Waals surface area (Å²) in [6.45, 7) is 2.89. The number of hydrogen-bond donors (Lipinski definition) is 0. The van der Waals surface area contributed by atoms with E-state index >= 15 is 0 Å². The van der Waals surface area contributed by atoms with Crippen LogP contribution in [0.2, 0.25) is 0 Å². The Bertz CT molecular complexity index is 3350. The van der Waals surface area contributed by atoms with Crippen LogP contribution in [0.15, 0.2) is 163 Å². The molecule has 1 aliphatic carbocycles. The fourth-order valence-electron chi connectivity index (χ4n) is 7.39. The van der Waals surface area contributed by atoms with Crippen LogP contribution in [0.5, 0.6) is 11.5 Å². The summed E-state index contributed by atoms with van der Waals surface area (Å²) < 4.78 is 172. The Kier molecular flexibility index (Phi) is 3.23. The minimum atomic E-state index is -0.939. The molecule has 0 amide bonds. The smallest absolute Gasteiger partial charge is 0.256 e. The monoisotopic (exact) mass is 647 g/mol. The Morgan fingerprint density at radius 2 is 1.24 bits per heavy atom. The van der Waals surface area contributed by atoms with E-state index in [1.165, 1.54) is 4.90 Å². The van der Waals surface area contributed by atoms with Gasteiger partial charge in [0.15, 0.2) is 0 Å². The summed E-state index contributed by atoms with van der Waals surface area (Å²) in [7, 11) is 0. The number of ether oxygens (including phenoxy) is 1. The van der Waals surface area contributed by atoms with Gasteiger partial charge in [-0.15, -0.1) is 0 Å². The van der Waals surface area contributed by atoms with E-state index in [0.717, 1.165) is 10.5 Å². The predicted octanol–water partition coefficient (Wildman–Crippen LogP) is 9.87. The van der Waals surface area contributed by atoms with Crippen molar-refractivity contribution in [1.82, 2.24) is 0 Å². The zero-order valence-electron chi connectivity index (χ0n) is 45.0. The highest BCUT2D eigenvalue weighted by atomic mass is 16.5. The first-order valence-corrected chi connectivity index (χ1v) is 15.5. The molecule has 0 radical (unpaired) electrons. The molecule has 10 rings (SSSR count). The maximum absolute atomic E-state index is 9.40. The van der Waals surface area contributed by atoms with Crippen LogP contribution in [-0.4, -0.2) is 6.71 Å². The lowest BCUT2D eigenvalue weighted by Crippen LogP contribution is -2.59. The minimum Gasteiger partial charge on any atom is -0.458 e. The van der Waals surface area contributed by atoms with Gasteiger partial charge in [-0.05, 0) is 111 Å². The third-order valence-corrected chi connectivity index (χ3v) is 9.49. The van der Waals surface area contributed by atoms with Crippen molar-refractivity contribution in [1.29, 1.82) is 0 Å². The van der Waals surface area contributed by atoms with Crippen molar-refractivity contribution in [3.05, 3.63) is 174 Å². The topological polar surface area (TPSA) is 15.7 Å². The van der Waals surface area contributed by atoms with E-state index in [2.05, 4.69) is 0 Å². The summed E-state index contributed by atoms with van der Waals surface area (Å²) in [4.78, 5) is 2.39. The number of hydrogen-bond acceptors (Lipinski definition) is 3. The molecule has 0 atom stereocenters. The van der Waals surface area contributed by atoms with E-state index in [0.29, 0.717) is 33.4 Å². The zero-order valence-corrected chi connectivity index (χ0v) is 26.0. The highest BCUT2D eigenvalue weighted by Crippen LogP contribution is 2.52. The molecule has 2 aliphatic heterocycles. The molecule has 4 heteroatoms. The molecule has 3 aliphatic rings. The van der Waals surface area contributed by atoms with Crippen molar-refractivity contribution in [3.8, 4) is 22.6 Å². The molecule has 2 heterocycles. The van der Waals surface area contributed by atoms with Gasteiger partial charge in [0.2, 0.25) is 0 Å². The largest absolute Gasteiger partial charge is 0.458 e. The average molecular weight is 648 g/mol. The van der Waals surface area contributed by atoms with Crippen molar-refractivity contribution in [3.63, 3.8) is 0 Å². The third kappa shape index (κ3) is 4.10. The molecular weight excluding hydrogens is 595 g/mol. The van der Waals surface area contributed by atoms with Crippen molar-refractivity contribution >= 4 is 57.2 Å². The van der Waals surface area contributed by atoms with Gasteiger partial charge in [-0.3, -0.25) is 0 Å². The second-order valence-corrected chi connectivity index (χ2v) is 12.4. The summed E-state index contributed by atoms with van der Waals surface area (Å²) >= 11 is 0. The standard InChI is InChI=1S/C45H33BN2O/c1-45(2)36-27-33(47(30-15-6-3-7-16-30)31-17-8-4-9-18-31)25-26-34(36)35-28-43-39(29-37(35)45)46-38-21-12-13-22-40(38)48(32-19-10-5-11-20-32)41-23-14-24-42(49-43)44(41)46/h3-29H,1-2H3/i3D,4D,5D,6D,7D,8D,9D,10D,11D,12D,13D,15D,16D,17D,18D,19D,20D,21D,22D. The molecule has 7 aromatic rings. The van der Waals surface area contributed by atoms with E-state index in [4.69, 9.17) is 28.0 Å². The number of nitrogens with zero attached hydrogens (tertiary/aromatic N) is 2. The summed E-state index contributed by atoms with van der Waals surface area (Å²) in [6.07, 6.45) is 0. The fraction of sp³-hybridized carbons (Fsp3) is 0.0667. The molecule has 0 saturated carbocycles. The molecule has 232 valence electrons. The lowest BCUT2D eigenvalue weighted by Gasteiger charge is -2.40. The molecule has 0 aromatic heterocycles. The Hall–Kier alpha value is -6.00. The number of fused-ring (bicyclic) bond motifs is 7. The van der Waals surface area contributed by atoms with Crippen LogP contribution in [0, 0.1) is 0 Å². The third-order valence-electron chi connectivity index (χ3n) is 9.49. The lowest BCUT2D eigenvalue weighted by molar-refractivity contribution is 0.487. The maximum Gasteiger partial charge on any atom is 0.256 e. The SMILES string of the molecule is [2H]c1c([2H])c([2H])c(N(c2ccc3c(c2)C(C)(C)c2cc4c(cc2-3)Oc2cccc3c2B4c2c([2H])c([2H])c([2H])c([2H])c2N3c2c([2H])c([2H])c([2H])c([2H])c2[2H])c2c([2H])c([2H])c([2H])c([2H])c2[2H])c([2H])c1[2H]. The van der Waals surface area contributed by atoms with Crippen molar-refractivity contribution in [2.45, 2.75) is 19.3 Å². The Morgan fingerprint density at radius 1 is 0.592 bits per heavy atom. The fourth-order valence-corrected chi connectivity index (χ4v) is 7.39. The minimum absolute atomic E-state index is 0.0794. The van der Waals surface area contributed by atoms with E-state index in [-0.39, 0.29) is 34.0 Å². The van der Waals surface area contributed by atoms with Crippen LogP contribution in [-0.2, 0) is 5.41 Å². The Labute approximate surface area is 314 Å². The first kappa shape index (κ1) is 15.1. The van der Waals surface area contributed by atoms with Crippen molar-refractivity contribution < 1.29 is 30.8 Å². The van der Waals surface area contributed by atoms with Crippen LogP contribution >= 0.6 is 0 Å². The molecule has 0 unspecified atom stereocenters. The van der Waals surface area contributed by atoms with Gasteiger partial charge in [0.25, 0.3) is 6.71 Å². The van der Waals surface area contributed by atoms with Crippen LogP contribution < -0.4 is 30.9 Å². The lowest BCUT2D eigenvalue weighted by atomic mass is 9.34. The van der Waals surface area contributed by atoms with Crippen molar-refractivity contribution in [2.24, 2.45) is 0 Å². The number of benzene rings is 7. The van der Waals surface area contributed by atoms with Gasteiger partial charge < -0.3 is 14.5 Å². The molecule has 0 bridgehead atoms. The number of para-hydroxylation sites is 4. The van der Waals surface area contributed by atoms with Crippen LogP contribution in [0.25, 0.3) is 11.1 Å². The molecule has 3 nitrogen and oxygen atoms in total. The van der Waals surface area contributed by atoms with Crippen LogP contribution in [0.1, 0.15) is 51.0 Å². The molecule has 0 N–H and O–H groups in total. The van der Waals surface area contributed by atoms with Gasteiger partial charge in [0, 0.05) is 39.5 Å². The van der Waals surface area contributed by atoms with E-state index in [1.54, 1.807) is 36.4 Å². The van der Waals surface area contributed by atoms with E-state index in [9.17, 15) is 2.74 Å². The van der Waals surface area contributed by atoms with Gasteiger partial charge >= 0.3 is 0 Å². The van der Waals surface area contributed by atoms with Gasteiger partial charge in [0.1, 0.15) is 11.5 Å². The molecule has 7 aromatic carbocycles. The van der Waals surface area contributed by atoms with Crippen molar-refractivity contribution in [2.75, 3.05) is 9.80 Å². The van der Waals surface area contributed by atoms with Gasteiger partial charge in [-0.25, -0.2) is 0 Å².